The number of benzene rings is 1. The van der Waals surface area contributed by atoms with Gasteiger partial charge in [0.05, 0.1) is 17.3 Å². The first kappa shape index (κ1) is 14.3. The lowest BCUT2D eigenvalue weighted by molar-refractivity contribution is 0.0944. The number of aromatic nitrogens is 5. The number of halogens is 1. The SMILES string of the molecule is Cn1cnnc1CNC(=O)c1ccn(-c2ccccc2Cl)n1. The highest BCUT2D eigenvalue weighted by Gasteiger charge is 2.12. The van der Waals surface area contributed by atoms with Crippen LogP contribution in [-0.4, -0.2) is 30.5 Å². The molecule has 1 N–H and O–H groups in total. The molecule has 1 amide bonds. The second kappa shape index (κ2) is 5.98. The fourth-order valence-electron chi connectivity index (χ4n) is 1.93. The zero-order chi connectivity index (χ0) is 15.5. The first-order valence-corrected chi connectivity index (χ1v) is 6.94. The van der Waals surface area contributed by atoms with Crippen molar-refractivity contribution in [2.45, 2.75) is 6.54 Å². The molecule has 0 saturated carbocycles. The Morgan fingerprint density at radius 2 is 2.14 bits per heavy atom. The van der Waals surface area contributed by atoms with E-state index in [1.54, 1.807) is 33.9 Å². The van der Waals surface area contributed by atoms with Crippen molar-refractivity contribution in [3.05, 3.63) is 59.4 Å². The Hall–Kier alpha value is -2.67. The third kappa shape index (κ3) is 2.84. The number of rotatable bonds is 4. The third-order valence-electron chi connectivity index (χ3n) is 3.13. The number of nitrogens with one attached hydrogen (secondary N) is 1. The summed E-state index contributed by atoms with van der Waals surface area (Å²) in [5.41, 5.74) is 1.03. The quantitative estimate of drug-likeness (QED) is 0.793. The Morgan fingerprint density at radius 1 is 1.32 bits per heavy atom. The van der Waals surface area contributed by atoms with Crippen LogP contribution in [0, 0.1) is 0 Å². The normalized spacial score (nSPS) is 10.6. The summed E-state index contributed by atoms with van der Waals surface area (Å²) in [5.74, 6) is 0.382. The van der Waals surface area contributed by atoms with E-state index in [1.165, 1.54) is 0 Å². The number of nitrogens with zero attached hydrogens (tertiary/aromatic N) is 5. The van der Waals surface area contributed by atoms with Gasteiger partial charge in [-0.3, -0.25) is 4.79 Å². The van der Waals surface area contributed by atoms with Crippen LogP contribution in [0.4, 0.5) is 0 Å². The monoisotopic (exact) mass is 316 g/mol. The van der Waals surface area contributed by atoms with Crippen molar-refractivity contribution in [3.63, 3.8) is 0 Å². The zero-order valence-electron chi connectivity index (χ0n) is 11.8. The summed E-state index contributed by atoms with van der Waals surface area (Å²) in [7, 11) is 1.81. The Labute approximate surface area is 131 Å². The molecule has 0 unspecified atom stereocenters. The van der Waals surface area contributed by atoms with Gasteiger partial charge in [0.25, 0.3) is 5.91 Å². The number of hydrogen-bond donors (Lipinski definition) is 1. The van der Waals surface area contributed by atoms with Gasteiger partial charge in [-0.2, -0.15) is 5.10 Å². The molecular weight excluding hydrogens is 304 g/mol. The lowest BCUT2D eigenvalue weighted by atomic mass is 10.3. The zero-order valence-corrected chi connectivity index (χ0v) is 12.5. The van der Waals surface area contributed by atoms with Crippen molar-refractivity contribution < 1.29 is 4.79 Å². The molecule has 2 aromatic heterocycles. The molecule has 0 spiro atoms. The topological polar surface area (TPSA) is 77.6 Å². The number of carbonyl (C=O) groups is 1. The summed E-state index contributed by atoms with van der Waals surface area (Å²) >= 11 is 6.11. The van der Waals surface area contributed by atoms with Gasteiger partial charge in [0, 0.05) is 13.2 Å². The van der Waals surface area contributed by atoms with Gasteiger partial charge in [-0.1, -0.05) is 23.7 Å². The van der Waals surface area contributed by atoms with Gasteiger partial charge in [-0.05, 0) is 18.2 Å². The van der Waals surface area contributed by atoms with Gasteiger partial charge in [-0.15, -0.1) is 10.2 Å². The van der Waals surface area contributed by atoms with Gasteiger partial charge in [0.15, 0.2) is 11.5 Å². The molecule has 1 aromatic carbocycles. The molecule has 0 aliphatic heterocycles. The highest BCUT2D eigenvalue weighted by atomic mass is 35.5. The molecule has 22 heavy (non-hydrogen) atoms. The fourth-order valence-corrected chi connectivity index (χ4v) is 2.16. The van der Waals surface area contributed by atoms with Crippen molar-refractivity contribution >= 4 is 17.5 Å². The second-order valence-electron chi connectivity index (χ2n) is 4.64. The third-order valence-corrected chi connectivity index (χ3v) is 3.45. The Bertz CT molecular complexity index is 809. The van der Waals surface area contributed by atoms with E-state index in [0.29, 0.717) is 16.5 Å². The van der Waals surface area contributed by atoms with E-state index in [2.05, 4.69) is 20.6 Å². The summed E-state index contributed by atoms with van der Waals surface area (Å²) in [6, 6.07) is 8.93. The Balaban J connectivity index is 1.72. The van der Waals surface area contributed by atoms with Crippen molar-refractivity contribution in [1.82, 2.24) is 29.9 Å². The summed E-state index contributed by atoms with van der Waals surface area (Å²) in [4.78, 5) is 12.1. The molecule has 112 valence electrons. The molecule has 2 heterocycles. The smallest absolute Gasteiger partial charge is 0.272 e. The number of para-hydroxylation sites is 1. The van der Waals surface area contributed by atoms with Crippen LogP contribution in [0.1, 0.15) is 16.3 Å². The van der Waals surface area contributed by atoms with Crippen LogP contribution in [0.5, 0.6) is 0 Å². The predicted octanol–water partition coefficient (Wildman–Crippen LogP) is 1.58. The molecule has 8 heteroatoms. The minimum atomic E-state index is -0.284. The molecule has 0 saturated heterocycles. The van der Waals surface area contributed by atoms with E-state index in [1.807, 2.05) is 25.2 Å². The standard InChI is InChI=1S/C14H13ClN6O/c1-20-9-17-18-13(20)8-16-14(22)11-6-7-21(19-11)12-5-3-2-4-10(12)15/h2-7,9H,8H2,1H3,(H,16,22). The van der Waals surface area contributed by atoms with Gasteiger partial charge >= 0.3 is 0 Å². The first-order valence-electron chi connectivity index (χ1n) is 6.57. The minimum Gasteiger partial charge on any atom is -0.343 e. The van der Waals surface area contributed by atoms with Crippen molar-refractivity contribution in [2.75, 3.05) is 0 Å². The molecule has 0 bridgehead atoms. The van der Waals surface area contributed by atoms with Gasteiger partial charge in [0.2, 0.25) is 0 Å². The van der Waals surface area contributed by atoms with Crippen molar-refractivity contribution in [1.29, 1.82) is 0 Å². The maximum atomic E-state index is 12.1. The lowest BCUT2D eigenvalue weighted by Crippen LogP contribution is -2.25. The number of hydrogen-bond acceptors (Lipinski definition) is 4. The van der Waals surface area contributed by atoms with Crippen LogP contribution < -0.4 is 5.32 Å². The van der Waals surface area contributed by atoms with Gasteiger partial charge in [0.1, 0.15) is 6.33 Å². The molecule has 0 aliphatic carbocycles. The second-order valence-corrected chi connectivity index (χ2v) is 5.04. The van der Waals surface area contributed by atoms with Crippen molar-refractivity contribution in [3.8, 4) is 5.69 Å². The van der Waals surface area contributed by atoms with E-state index in [-0.39, 0.29) is 12.5 Å². The summed E-state index contributed by atoms with van der Waals surface area (Å²) in [5, 5.41) is 15.2. The van der Waals surface area contributed by atoms with E-state index < -0.39 is 0 Å². The highest BCUT2D eigenvalue weighted by molar-refractivity contribution is 6.32. The maximum absolute atomic E-state index is 12.1. The van der Waals surface area contributed by atoms with Crippen LogP contribution in [0.3, 0.4) is 0 Å². The van der Waals surface area contributed by atoms with Crippen LogP contribution in [0.25, 0.3) is 5.69 Å². The predicted molar refractivity (Wildman–Crippen MR) is 80.7 cm³/mol. The molecular formula is C14H13ClN6O. The first-order chi connectivity index (χ1) is 10.6. The summed E-state index contributed by atoms with van der Waals surface area (Å²) in [6.45, 7) is 0.286. The molecule has 7 nitrogen and oxygen atoms in total. The van der Waals surface area contributed by atoms with Crippen LogP contribution in [-0.2, 0) is 13.6 Å². The highest BCUT2D eigenvalue weighted by Crippen LogP contribution is 2.18. The summed E-state index contributed by atoms with van der Waals surface area (Å²) < 4.78 is 3.31. The molecule has 3 rings (SSSR count). The number of aryl methyl sites for hydroxylation is 1. The van der Waals surface area contributed by atoms with Crippen LogP contribution >= 0.6 is 11.6 Å². The molecule has 3 aromatic rings. The van der Waals surface area contributed by atoms with E-state index in [4.69, 9.17) is 11.6 Å². The number of amides is 1. The van der Waals surface area contributed by atoms with E-state index >= 15 is 0 Å². The van der Waals surface area contributed by atoms with Gasteiger partial charge < -0.3 is 9.88 Å². The Kier molecular flexibility index (Phi) is 3.88. The molecule has 0 atom stereocenters. The van der Waals surface area contributed by atoms with Crippen molar-refractivity contribution in [2.24, 2.45) is 7.05 Å². The summed E-state index contributed by atoms with van der Waals surface area (Å²) in [6.07, 6.45) is 3.27. The van der Waals surface area contributed by atoms with Crippen LogP contribution in [0.15, 0.2) is 42.9 Å². The average molecular weight is 317 g/mol. The largest absolute Gasteiger partial charge is 0.343 e. The van der Waals surface area contributed by atoms with E-state index in [0.717, 1.165) is 5.69 Å². The van der Waals surface area contributed by atoms with E-state index in [9.17, 15) is 4.79 Å². The van der Waals surface area contributed by atoms with Crippen LogP contribution in [0.2, 0.25) is 5.02 Å². The minimum absolute atomic E-state index is 0.284. The average Bonchev–Trinajstić information content (AvgIpc) is 3.14. The van der Waals surface area contributed by atoms with Gasteiger partial charge in [-0.25, -0.2) is 4.68 Å². The fraction of sp³-hybridized carbons (Fsp3) is 0.143. The number of carbonyl (C=O) groups excluding carboxylic acids is 1. The molecule has 0 aliphatic rings. The molecule has 0 fully saturated rings. The lowest BCUT2D eigenvalue weighted by Gasteiger charge is -2.04. The molecule has 0 radical (unpaired) electrons. The maximum Gasteiger partial charge on any atom is 0.272 e. The Morgan fingerprint density at radius 3 is 2.86 bits per heavy atom.